The number of nitro benzene ring substituents is 1. The summed E-state index contributed by atoms with van der Waals surface area (Å²) in [6.45, 7) is 0. The van der Waals surface area contributed by atoms with Gasteiger partial charge in [-0.1, -0.05) is 18.2 Å². The molecule has 2 rings (SSSR count). The van der Waals surface area contributed by atoms with Crippen LogP contribution in [0.5, 0.6) is 0 Å². The molecule has 0 saturated heterocycles. The SMILES string of the molecule is CNC1CC(c2ccccc2[N+](=O)[O-])C1. The van der Waals surface area contributed by atoms with E-state index in [-0.39, 0.29) is 10.6 Å². The topological polar surface area (TPSA) is 55.2 Å². The largest absolute Gasteiger partial charge is 0.317 e. The third-order valence-electron chi connectivity index (χ3n) is 3.12. The zero-order valence-corrected chi connectivity index (χ0v) is 8.64. The van der Waals surface area contributed by atoms with Crippen molar-refractivity contribution in [3.63, 3.8) is 0 Å². The minimum atomic E-state index is -0.290. The van der Waals surface area contributed by atoms with Crippen LogP contribution >= 0.6 is 0 Å². The van der Waals surface area contributed by atoms with E-state index in [0.29, 0.717) is 12.0 Å². The van der Waals surface area contributed by atoms with Crippen LogP contribution < -0.4 is 5.32 Å². The molecule has 1 aliphatic rings. The Balaban J connectivity index is 2.18. The molecule has 0 aromatic heterocycles. The van der Waals surface area contributed by atoms with Gasteiger partial charge in [-0.2, -0.15) is 0 Å². The van der Waals surface area contributed by atoms with E-state index in [0.717, 1.165) is 18.4 Å². The molecular weight excluding hydrogens is 192 g/mol. The average molecular weight is 206 g/mol. The van der Waals surface area contributed by atoms with Crippen molar-refractivity contribution in [2.75, 3.05) is 7.05 Å². The van der Waals surface area contributed by atoms with Crippen LogP contribution in [0.4, 0.5) is 5.69 Å². The predicted octanol–water partition coefficient (Wildman–Crippen LogP) is 2.06. The van der Waals surface area contributed by atoms with Gasteiger partial charge in [0.1, 0.15) is 0 Å². The highest BCUT2D eigenvalue weighted by molar-refractivity contribution is 5.43. The fourth-order valence-corrected chi connectivity index (χ4v) is 2.11. The standard InChI is InChI=1S/C11H14N2O2/c1-12-9-6-8(7-9)10-4-2-3-5-11(10)13(14)15/h2-5,8-9,12H,6-7H2,1H3. The molecule has 0 atom stereocenters. The molecule has 0 bridgehead atoms. The van der Waals surface area contributed by atoms with Gasteiger partial charge < -0.3 is 5.32 Å². The van der Waals surface area contributed by atoms with E-state index in [1.807, 2.05) is 19.2 Å². The molecule has 4 heteroatoms. The maximum atomic E-state index is 10.8. The number of rotatable bonds is 3. The second-order valence-corrected chi connectivity index (χ2v) is 3.97. The monoisotopic (exact) mass is 206 g/mol. The quantitative estimate of drug-likeness (QED) is 0.608. The second-order valence-electron chi connectivity index (χ2n) is 3.97. The zero-order chi connectivity index (χ0) is 10.8. The van der Waals surface area contributed by atoms with E-state index in [1.54, 1.807) is 12.1 Å². The normalized spacial score (nSPS) is 24.6. The fourth-order valence-electron chi connectivity index (χ4n) is 2.11. The lowest BCUT2D eigenvalue weighted by molar-refractivity contribution is -0.385. The lowest BCUT2D eigenvalue weighted by Crippen LogP contribution is -2.37. The van der Waals surface area contributed by atoms with Crippen molar-refractivity contribution in [2.24, 2.45) is 0 Å². The second kappa shape index (κ2) is 3.98. The average Bonchev–Trinajstić information content (AvgIpc) is 2.16. The molecule has 0 unspecified atom stereocenters. The summed E-state index contributed by atoms with van der Waals surface area (Å²) in [4.78, 5) is 10.5. The lowest BCUT2D eigenvalue weighted by atomic mass is 9.75. The van der Waals surface area contributed by atoms with Crippen LogP contribution in [0, 0.1) is 10.1 Å². The molecule has 1 saturated carbocycles. The summed E-state index contributed by atoms with van der Waals surface area (Å²) >= 11 is 0. The van der Waals surface area contributed by atoms with Crippen LogP contribution in [-0.4, -0.2) is 18.0 Å². The number of hydrogen-bond donors (Lipinski definition) is 1. The Morgan fingerprint density at radius 1 is 1.40 bits per heavy atom. The Kier molecular flexibility index (Phi) is 2.68. The van der Waals surface area contributed by atoms with Gasteiger partial charge in [0.15, 0.2) is 0 Å². The van der Waals surface area contributed by atoms with Gasteiger partial charge in [-0.05, 0) is 25.8 Å². The summed E-state index contributed by atoms with van der Waals surface area (Å²) in [6, 6.07) is 7.57. The fraction of sp³-hybridized carbons (Fsp3) is 0.455. The summed E-state index contributed by atoms with van der Waals surface area (Å²) < 4.78 is 0. The third-order valence-corrected chi connectivity index (χ3v) is 3.12. The zero-order valence-electron chi connectivity index (χ0n) is 8.64. The maximum Gasteiger partial charge on any atom is 0.272 e. The molecule has 0 amide bonds. The smallest absolute Gasteiger partial charge is 0.272 e. The van der Waals surface area contributed by atoms with E-state index in [9.17, 15) is 10.1 Å². The Morgan fingerprint density at radius 3 is 2.67 bits per heavy atom. The summed E-state index contributed by atoms with van der Waals surface area (Å²) in [7, 11) is 1.93. The highest BCUT2D eigenvalue weighted by Gasteiger charge is 2.32. The molecule has 1 aromatic carbocycles. The molecule has 15 heavy (non-hydrogen) atoms. The summed E-state index contributed by atoms with van der Waals surface area (Å²) in [5, 5.41) is 14.0. The van der Waals surface area contributed by atoms with Gasteiger partial charge in [0.25, 0.3) is 5.69 Å². The van der Waals surface area contributed by atoms with E-state index in [2.05, 4.69) is 5.32 Å². The Morgan fingerprint density at radius 2 is 2.07 bits per heavy atom. The first-order valence-electron chi connectivity index (χ1n) is 5.13. The number of nitro groups is 1. The highest BCUT2D eigenvalue weighted by Crippen LogP contribution is 2.40. The van der Waals surface area contributed by atoms with Gasteiger partial charge >= 0.3 is 0 Å². The highest BCUT2D eigenvalue weighted by atomic mass is 16.6. The molecule has 0 spiro atoms. The molecule has 0 aliphatic heterocycles. The number of hydrogen-bond acceptors (Lipinski definition) is 3. The van der Waals surface area contributed by atoms with Crippen LogP contribution in [0.3, 0.4) is 0 Å². The van der Waals surface area contributed by atoms with E-state index in [1.165, 1.54) is 0 Å². The van der Waals surface area contributed by atoms with Crippen molar-refractivity contribution < 1.29 is 4.92 Å². The number of nitrogens with one attached hydrogen (secondary N) is 1. The lowest BCUT2D eigenvalue weighted by Gasteiger charge is -2.35. The van der Waals surface area contributed by atoms with Gasteiger partial charge in [-0.3, -0.25) is 10.1 Å². The van der Waals surface area contributed by atoms with Crippen LogP contribution in [0.15, 0.2) is 24.3 Å². The van der Waals surface area contributed by atoms with E-state index in [4.69, 9.17) is 0 Å². The van der Waals surface area contributed by atoms with Crippen LogP contribution in [0.2, 0.25) is 0 Å². The van der Waals surface area contributed by atoms with Crippen LogP contribution in [0.25, 0.3) is 0 Å². The molecule has 80 valence electrons. The van der Waals surface area contributed by atoms with Crippen molar-refractivity contribution in [2.45, 2.75) is 24.8 Å². The van der Waals surface area contributed by atoms with Crippen molar-refractivity contribution in [3.8, 4) is 0 Å². The Bertz CT molecular complexity index is 373. The summed E-state index contributed by atoms with van der Waals surface area (Å²) in [6.07, 6.45) is 2.00. The van der Waals surface area contributed by atoms with E-state index < -0.39 is 0 Å². The third kappa shape index (κ3) is 1.85. The van der Waals surface area contributed by atoms with Crippen LogP contribution in [-0.2, 0) is 0 Å². The first-order valence-corrected chi connectivity index (χ1v) is 5.13. The van der Waals surface area contributed by atoms with Gasteiger partial charge in [0.2, 0.25) is 0 Å². The van der Waals surface area contributed by atoms with Gasteiger partial charge in [-0.25, -0.2) is 0 Å². The molecule has 1 fully saturated rings. The molecule has 1 aliphatic carbocycles. The number of nitrogens with zero attached hydrogens (tertiary/aromatic N) is 1. The van der Waals surface area contributed by atoms with Crippen molar-refractivity contribution in [1.82, 2.24) is 5.32 Å². The van der Waals surface area contributed by atoms with Gasteiger partial charge in [0, 0.05) is 17.7 Å². The van der Waals surface area contributed by atoms with Crippen molar-refractivity contribution >= 4 is 5.69 Å². The predicted molar refractivity (Wildman–Crippen MR) is 57.9 cm³/mol. The number of para-hydroxylation sites is 1. The molecule has 4 nitrogen and oxygen atoms in total. The number of benzene rings is 1. The summed E-state index contributed by atoms with van der Waals surface area (Å²) in [5.41, 5.74) is 1.14. The maximum absolute atomic E-state index is 10.8. The molecule has 0 radical (unpaired) electrons. The summed E-state index contributed by atoms with van der Waals surface area (Å²) in [5.74, 6) is 0.351. The minimum absolute atomic E-state index is 0.261. The van der Waals surface area contributed by atoms with Crippen molar-refractivity contribution in [3.05, 3.63) is 39.9 Å². The minimum Gasteiger partial charge on any atom is -0.317 e. The molecule has 1 N–H and O–H groups in total. The Labute approximate surface area is 88.5 Å². The first kappa shape index (κ1) is 10.1. The van der Waals surface area contributed by atoms with Gasteiger partial charge in [0.05, 0.1) is 4.92 Å². The molecule has 0 heterocycles. The van der Waals surface area contributed by atoms with E-state index >= 15 is 0 Å². The molecular formula is C11H14N2O2. The van der Waals surface area contributed by atoms with Crippen LogP contribution in [0.1, 0.15) is 24.3 Å². The van der Waals surface area contributed by atoms with Gasteiger partial charge in [-0.15, -0.1) is 0 Å². The van der Waals surface area contributed by atoms with Crippen molar-refractivity contribution in [1.29, 1.82) is 0 Å². The Hall–Kier alpha value is -1.42. The molecule has 1 aromatic rings. The first-order chi connectivity index (χ1) is 7.22.